The van der Waals surface area contributed by atoms with Crippen LogP contribution in [0.4, 0.5) is 0 Å². The van der Waals surface area contributed by atoms with E-state index in [-0.39, 0.29) is 22.5 Å². The number of hydrogen-bond donors (Lipinski definition) is 1. The number of rotatable bonds is 5. The Morgan fingerprint density at radius 2 is 2.19 bits per heavy atom. The third kappa shape index (κ3) is 3.10. The molecule has 142 valence electrons. The molecule has 4 nitrogen and oxygen atoms in total. The highest BCUT2D eigenvalue weighted by molar-refractivity contribution is 5.73. The minimum atomic E-state index is -0.0129. The van der Waals surface area contributed by atoms with Gasteiger partial charge in [-0.1, -0.05) is 31.6 Å². The SMILES string of the molecule is C=CC12CCC[C@@](C)(CN(C(C)=O)C1)[C@H]2CCc1cccc(O)c1OC. The van der Waals surface area contributed by atoms with Crippen molar-refractivity contribution >= 4 is 5.91 Å². The van der Waals surface area contributed by atoms with Gasteiger partial charge in [-0.25, -0.2) is 0 Å². The summed E-state index contributed by atoms with van der Waals surface area (Å²) in [5.74, 6) is 1.42. The Hall–Kier alpha value is -1.97. The van der Waals surface area contributed by atoms with Crippen molar-refractivity contribution in [3.8, 4) is 11.5 Å². The van der Waals surface area contributed by atoms with Crippen molar-refractivity contribution in [2.24, 2.45) is 16.7 Å². The molecule has 1 saturated heterocycles. The minimum Gasteiger partial charge on any atom is -0.504 e. The fourth-order valence-electron chi connectivity index (χ4n) is 5.56. The van der Waals surface area contributed by atoms with Crippen molar-refractivity contribution in [1.29, 1.82) is 0 Å². The quantitative estimate of drug-likeness (QED) is 0.805. The summed E-state index contributed by atoms with van der Waals surface area (Å²) in [7, 11) is 1.60. The number of carbonyl (C=O) groups excluding carboxylic acids is 1. The van der Waals surface area contributed by atoms with E-state index in [1.807, 2.05) is 17.0 Å². The second kappa shape index (κ2) is 6.98. The number of carbonyl (C=O) groups is 1. The zero-order chi connectivity index (χ0) is 18.9. The number of para-hydroxylation sites is 1. The second-order valence-corrected chi connectivity index (χ2v) is 8.38. The third-order valence-electron chi connectivity index (χ3n) is 6.80. The predicted octanol–water partition coefficient (Wildman–Crippen LogP) is 4.17. The number of hydrogen-bond acceptors (Lipinski definition) is 3. The van der Waals surface area contributed by atoms with Crippen LogP contribution in [0.1, 0.15) is 45.1 Å². The number of piperidine rings is 1. The molecule has 26 heavy (non-hydrogen) atoms. The Bertz CT molecular complexity index is 701. The Morgan fingerprint density at radius 1 is 1.42 bits per heavy atom. The molecule has 3 atom stereocenters. The minimum absolute atomic E-state index is 0.0129. The first kappa shape index (κ1) is 18.8. The first-order valence-corrected chi connectivity index (χ1v) is 9.59. The maximum atomic E-state index is 12.1. The molecule has 0 radical (unpaired) electrons. The number of ether oxygens (including phenoxy) is 1. The molecule has 1 saturated carbocycles. The lowest BCUT2D eigenvalue weighted by Gasteiger charge is -2.60. The normalized spacial score (nSPS) is 30.7. The maximum absolute atomic E-state index is 12.1. The summed E-state index contributed by atoms with van der Waals surface area (Å²) in [5.41, 5.74) is 1.14. The van der Waals surface area contributed by atoms with Crippen molar-refractivity contribution < 1.29 is 14.6 Å². The number of amides is 1. The van der Waals surface area contributed by atoms with E-state index >= 15 is 0 Å². The number of likely N-dealkylation sites (tertiary alicyclic amines) is 1. The molecule has 1 aromatic rings. The first-order valence-electron chi connectivity index (χ1n) is 9.59. The van der Waals surface area contributed by atoms with Gasteiger partial charge in [-0.2, -0.15) is 0 Å². The second-order valence-electron chi connectivity index (χ2n) is 8.38. The molecule has 1 unspecified atom stereocenters. The number of fused-ring (bicyclic) bond motifs is 2. The molecule has 3 rings (SSSR count). The van der Waals surface area contributed by atoms with E-state index < -0.39 is 0 Å². The lowest BCUT2D eigenvalue weighted by Crippen LogP contribution is -2.60. The highest BCUT2D eigenvalue weighted by Gasteiger charge is 2.54. The molecule has 1 aliphatic heterocycles. The highest BCUT2D eigenvalue weighted by Crippen LogP contribution is 2.57. The molecule has 1 aromatic carbocycles. The van der Waals surface area contributed by atoms with Gasteiger partial charge in [0.15, 0.2) is 11.5 Å². The van der Waals surface area contributed by atoms with E-state index in [1.165, 1.54) is 6.42 Å². The van der Waals surface area contributed by atoms with Crippen LogP contribution in [0, 0.1) is 16.7 Å². The standard InChI is InChI=1S/C22H31NO3/c1-5-22-13-7-12-21(3,14-23(15-22)16(2)24)19(22)11-10-17-8-6-9-18(25)20(17)26-4/h5-6,8-9,19,25H,1,7,10-15H2,2-4H3/t19-,21+,22?/m1/s1. The van der Waals surface area contributed by atoms with Crippen molar-refractivity contribution in [1.82, 2.24) is 4.90 Å². The van der Waals surface area contributed by atoms with Crippen LogP contribution in [0.15, 0.2) is 30.9 Å². The molecule has 1 amide bonds. The smallest absolute Gasteiger partial charge is 0.219 e. The molecule has 4 heteroatoms. The predicted molar refractivity (Wildman–Crippen MR) is 103 cm³/mol. The largest absolute Gasteiger partial charge is 0.504 e. The molecular formula is C22H31NO3. The Balaban J connectivity index is 1.88. The molecule has 1 heterocycles. The van der Waals surface area contributed by atoms with Gasteiger partial charge < -0.3 is 14.7 Å². The summed E-state index contributed by atoms with van der Waals surface area (Å²) in [6.45, 7) is 9.80. The average Bonchev–Trinajstić information content (AvgIpc) is 2.59. The van der Waals surface area contributed by atoms with Gasteiger partial charge in [-0.3, -0.25) is 4.79 Å². The topological polar surface area (TPSA) is 49.8 Å². The summed E-state index contributed by atoms with van der Waals surface area (Å²) >= 11 is 0. The van der Waals surface area contributed by atoms with Gasteiger partial charge in [0.1, 0.15) is 0 Å². The number of methoxy groups -OCH3 is 1. The van der Waals surface area contributed by atoms with Crippen LogP contribution in [0.25, 0.3) is 0 Å². The molecule has 1 aliphatic carbocycles. The van der Waals surface area contributed by atoms with Crippen LogP contribution >= 0.6 is 0 Å². The zero-order valence-corrected chi connectivity index (χ0v) is 16.3. The molecule has 2 bridgehead atoms. The fourth-order valence-corrected chi connectivity index (χ4v) is 5.56. The zero-order valence-electron chi connectivity index (χ0n) is 16.3. The van der Waals surface area contributed by atoms with E-state index in [9.17, 15) is 9.90 Å². The van der Waals surface area contributed by atoms with Crippen molar-refractivity contribution in [2.45, 2.75) is 46.0 Å². The summed E-state index contributed by atoms with van der Waals surface area (Å²) < 4.78 is 5.41. The first-order chi connectivity index (χ1) is 12.3. The van der Waals surface area contributed by atoms with Crippen LogP contribution in [-0.2, 0) is 11.2 Å². The lowest BCUT2D eigenvalue weighted by atomic mass is 9.51. The Labute approximate surface area is 156 Å². The summed E-state index contributed by atoms with van der Waals surface area (Å²) in [6.07, 6.45) is 7.41. The maximum Gasteiger partial charge on any atom is 0.219 e. The van der Waals surface area contributed by atoms with Gasteiger partial charge in [-0.05, 0) is 48.6 Å². The van der Waals surface area contributed by atoms with Crippen LogP contribution in [0.2, 0.25) is 0 Å². The average molecular weight is 357 g/mol. The fraction of sp³-hybridized carbons (Fsp3) is 0.591. The molecule has 2 fully saturated rings. The van der Waals surface area contributed by atoms with E-state index in [0.29, 0.717) is 11.7 Å². The van der Waals surface area contributed by atoms with Crippen LogP contribution in [0.3, 0.4) is 0 Å². The third-order valence-corrected chi connectivity index (χ3v) is 6.80. The van der Waals surface area contributed by atoms with Crippen molar-refractivity contribution in [3.63, 3.8) is 0 Å². The van der Waals surface area contributed by atoms with Gasteiger partial charge in [-0.15, -0.1) is 6.58 Å². The summed E-state index contributed by atoms with van der Waals surface area (Å²) in [5, 5.41) is 10.0. The summed E-state index contributed by atoms with van der Waals surface area (Å²) in [6, 6.07) is 5.56. The molecule has 0 aromatic heterocycles. The number of nitrogens with zero attached hydrogens (tertiary/aromatic N) is 1. The number of benzene rings is 1. The number of phenolic OH excluding ortho intramolecular Hbond substituents is 1. The number of aryl methyl sites for hydroxylation is 1. The van der Waals surface area contributed by atoms with Gasteiger partial charge in [0.25, 0.3) is 0 Å². The molecule has 0 spiro atoms. The van der Waals surface area contributed by atoms with E-state index in [1.54, 1.807) is 20.1 Å². The molecular weight excluding hydrogens is 326 g/mol. The van der Waals surface area contributed by atoms with Gasteiger partial charge in [0.2, 0.25) is 5.91 Å². The van der Waals surface area contributed by atoms with Crippen molar-refractivity contribution in [3.05, 3.63) is 36.4 Å². The van der Waals surface area contributed by atoms with Gasteiger partial charge >= 0.3 is 0 Å². The monoisotopic (exact) mass is 357 g/mol. The Morgan fingerprint density at radius 3 is 2.85 bits per heavy atom. The van der Waals surface area contributed by atoms with E-state index in [0.717, 1.165) is 44.3 Å². The Kier molecular flexibility index (Phi) is 5.05. The van der Waals surface area contributed by atoms with E-state index in [4.69, 9.17) is 4.74 Å². The molecule has 1 N–H and O–H groups in total. The van der Waals surface area contributed by atoms with Crippen LogP contribution < -0.4 is 4.74 Å². The van der Waals surface area contributed by atoms with E-state index in [2.05, 4.69) is 19.6 Å². The summed E-state index contributed by atoms with van der Waals surface area (Å²) in [4.78, 5) is 14.1. The lowest BCUT2D eigenvalue weighted by molar-refractivity contribution is -0.145. The number of aromatic hydroxyl groups is 1. The van der Waals surface area contributed by atoms with Gasteiger partial charge in [0, 0.05) is 25.4 Å². The molecule has 2 aliphatic rings. The van der Waals surface area contributed by atoms with Gasteiger partial charge in [0.05, 0.1) is 7.11 Å². The van der Waals surface area contributed by atoms with Crippen LogP contribution in [-0.4, -0.2) is 36.1 Å². The van der Waals surface area contributed by atoms with Crippen LogP contribution in [0.5, 0.6) is 11.5 Å². The highest BCUT2D eigenvalue weighted by atomic mass is 16.5. The number of phenols is 1. The van der Waals surface area contributed by atoms with Crippen molar-refractivity contribution in [2.75, 3.05) is 20.2 Å².